The average Bonchev–Trinajstić information content (AvgIpc) is 3.32. The molecule has 3 heterocycles. The van der Waals surface area contributed by atoms with Gasteiger partial charge >= 0.3 is 0 Å². The highest BCUT2D eigenvalue weighted by molar-refractivity contribution is 5.78. The number of fused-ring (bicyclic) bond motifs is 2. The molecule has 0 unspecified atom stereocenters. The molecule has 1 aromatic heterocycles. The maximum absolute atomic E-state index is 12.0. The van der Waals surface area contributed by atoms with Crippen molar-refractivity contribution < 1.29 is 9.53 Å². The Balaban J connectivity index is 1.64. The summed E-state index contributed by atoms with van der Waals surface area (Å²) < 4.78 is 7.83. The van der Waals surface area contributed by atoms with Crippen molar-refractivity contribution in [2.45, 2.75) is 45.2 Å². The molecule has 5 rings (SSSR count). The second kappa shape index (κ2) is 6.64. The molecule has 1 amide bonds. The van der Waals surface area contributed by atoms with Gasteiger partial charge in [0.2, 0.25) is 5.91 Å². The fraction of sp³-hybridized carbons (Fsp3) is 0.455. The molecule has 0 spiro atoms. The Morgan fingerprint density at radius 3 is 2.89 bits per heavy atom. The number of hydrogen-bond donors (Lipinski definition) is 0. The highest BCUT2D eigenvalue weighted by Crippen LogP contribution is 2.37. The first kappa shape index (κ1) is 16.8. The van der Waals surface area contributed by atoms with E-state index in [9.17, 15) is 4.79 Å². The lowest BCUT2D eigenvalue weighted by Gasteiger charge is -2.29. The zero-order valence-corrected chi connectivity index (χ0v) is 15.8. The molecule has 0 bridgehead atoms. The third kappa shape index (κ3) is 2.81. The Morgan fingerprint density at radius 1 is 1.22 bits per heavy atom. The van der Waals surface area contributed by atoms with E-state index in [2.05, 4.69) is 35.0 Å². The zero-order chi connectivity index (χ0) is 18.4. The second-order valence-electron chi connectivity index (χ2n) is 7.73. The second-order valence-corrected chi connectivity index (χ2v) is 7.73. The first-order valence-electron chi connectivity index (χ1n) is 9.94. The lowest BCUT2D eigenvalue weighted by Crippen LogP contribution is -2.35. The summed E-state index contributed by atoms with van der Waals surface area (Å²) in [5.41, 5.74) is 7.51. The van der Waals surface area contributed by atoms with Crippen molar-refractivity contribution in [3.8, 4) is 11.3 Å². The van der Waals surface area contributed by atoms with Crippen molar-refractivity contribution >= 4 is 12.0 Å². The topological polar surface area (TPSA) is 47.4 Å². The Kier molecular flexibility index (Phi) is 4.12. The summed E-state index contributed by atoms with van der Waals surface area (Å²) in [4.78, 5) is 14.0. The molecule has 0 N–H and O–H groups in total. The zero-order valence-electron chi connectivity index (χ0n) is 15.8. The predicted octanol–water partition coefficient (Wildman–Crippen LogP) is 3.38. The molecule has 1 aromatic carbocycles. The Labute approximate surface area is 159 Å². The number of hydrogen-bond acceptors (Lipinski definition) is 3. The van der Waals surface area contributed by atoms with Crippen LogP contribution in [0.5, 0.6) is 0 Å². The van der Waals surface area contributed by atoms with E-state index < -0.39 is 0 Å². The quantitative estimate of drug-likeness (QED) is 0.822. The number of amides is 1. The fourth-order valence-corrected chi connectivity index (χ4v) is 4.68. The summed E-state index contributed by atoms with van der Waals surface area (Å²) in [7, 11) is 0. The van der Waals surface area contributed by atoms with Crippen LogP contribution in [0.15, 0.2) is 24.3 Å². The Bertz CT molecular complexity index is 922. The van der Waals surface area contributed by atoms with Gasteiger partial charge in [0.15, 0.2) is 0 Å². The largest absolute Gasteiger partial charge is 0.381 e. The summed E-state index contributed by atoms with van der Waals surface area (Å²) in [5.74, 6) is 0.144. The maximum Gasteiger partial charge on any atom is 0.219 e. The van der Waals surface area contributed by atoms with Gasteiger partial charge in [0.05, 0.1) is 11.7 Å². The van der Waals surface area contributed by atoms with Gasteiger partial charge in [0, 0.05) is 56.5 Å². The van der Waals surface area contributed by atoms with E-state index in [0.717, 1.165) is 51.1 Å². The van der Waals surface area contributed by atoms with Gasteiger partial charge < -0.3 is 9.64 Å². The van der Waals surface area contributed by atoms with Crippen LogP contribution < -0.4 is 0 Å². The van der Waals surface area contributed by atoms with E-state index >= 15 is 0 Å². The van der Waals surface area contributed by atoms with Crippen molar-refractivity contribution in [2.24, 2.45) is 0 Å². The Morgan fingerprint density at radius 2 is 2.07 bits per heavy atom. The number of ether oxygens (including phenoxy) is 1. The number of benzene rings is 1. The summed E-state index contributed by atoms with van der Waals surface area (Å²) in [6.45, 7) is 4.72. The van der Waals surface area contributed by atoms with E-state index in [1.807, 2.05) is 4.90 Å². The minimum absolute atomic E-state index is 0.144. The highest BCUT2D eigenvalue weighted by Gasteiger charge is 2.31. The Hall–Kier alpha value is -2.40. The van der Waals surface area contributed by atoms with Gasteiger partial charge in [-0.3, -0.25) is 9.48 Å². The van der Waals surface area contributed by atoms with Gasteiger partial charge in [-0.1, -0.05) is 30.4 Å². The lowest BCUT2D eigenvalue weighted by molar-refractivity contribution is -0.129. The molecule has 0 saturated carbocycles. The third-order valence-electron chi connectivity index (χ3n) is 6.15. The number of rotatable bonds is 2. The van der Waals surface area contributed by atoms with Gasteiger partial charge in [0.25, 0.3) is 0 Å². The highest BCUT2D eigenvalue weighted by atomic mass is 16.5. The van der Waals surface area contributed by atoms with Crippen LogP contribution in [0, 0.1) is 0 Å². The summed E-state index contributed by atoms with van der Waals surface area (Å²) in [6.07, 6.45) is 8.28. The molecule has 1 saturated heterocycles. The van der Waals surface area contributed by atoms with Gasteiger partial charge in [0.1, 0.15) is 0 Å². The molecular formula is C22H25N3O2. The number of nitrogens with zero attached hydrogens (tertiary/aromatic N) is 3. The minimum Gasteiger partial charge on any atom is -0.381 e. The molecule has 5 nitrogen and oxygen atoms in total. The number of allylic oxidation sites excluding steroid dienone is 1. The van der Waals surface area contributed by atoms with Crippen LogP contribution >= 0.6 is 0 Å². The molecule has 5 heteroatoms. The van der Waals surface area contributed by atoms with Crippen molar-refractivity contribution in [1.29, 1.82) is 0 Å². The monoisotopic (exact) mass is 363 g/mol. The van der Waals surface area contributed by atoms with Crippen LogP contribution in [-0.2, 0) is 28.9 Å². The molecule has 0 radical (unpaired) electrons. The molecule has 2 aromatic rings. The summed E-state index contributed by atoms with van der Waals surface area (Å²) in [6, 6.07) is 6.89. The van der Waals surface area contributed by atoms with E-state index in [4.69, 9.17) is 9.84 Å². The van der Waals surface area contributed by atoms with Crippen LogP contribution in [0.4, 0.5) is 0 Å². The standard InChI is InChI=1S/C22H25N3O2/c1-15(26)24-11-8-21-20(14-24)22(23-25(21)17-9-12-27-13-10-17)19-7-3-5-16-4-2-6-18(16)19/h2-5,7,17H,6,8-14H2,1H3. The molecule has 2 aliphatic heterocycles. The SMILES string of the molecule is CC(=O)N1CCc2c(c(-c3cccc4c3CC=C4)nn2C2CCOCC2)C1. The average molecular weight is 363 g/mol. The normalized spacial score (nSPS) is 19.2. The number of carbonyl (C=O) groups excluding carboxylic acids is 1. The smallest absolute Gasteiger partial charge is 0.219 e. The minimum atomic E-state index is 0.144. The molecule has 140 valence electrons. The van der Waals surface area contributed by atoms with Gasteiger partial charge in [-0.2, -0.15) is 5.10 Å². The molecule has 1 fully saturated rings. The first-order chi connectivity index (χ1) is 13.2. The van der Waals surface area contributed by atoms with Crippen molar-refractivity contribution in [3.63, 3.8) is 0 Å². The van der Waals surface area contributed by atoms with Gasteiger partial charge in [-0.25, -0.2) is 0 Å². The van der Waals surface area contributed by atoms with Gasteiger partial charge in [-0.05, 0) is 30.4 Å². The van der Waals surface area contributed by atoms with E-state index in [1.54, 1.807) is 6.92 Å². The number of aromatic nitrogens is 2. The van der Waals surface area contributed by atoms with Crippen LogP contribution in [0.1, 0.15) is 48.2 Å². The van der Waals surface area contributed by atoms with Gasteiger partial charge in [-0.15, -0.1) is 0 Å². The van der Waals surface area contributed by atoms with E-state index in [1.165, 1.54) is 27.9 Å². The first-order valence-corrected chi connectivity index (χ1v) is 9.94. The lowest BCUT2D eigenvalue weighted by atomic mass is 9.95. The van der Waals surface area contributed by atoms with Crippen molar-refractivity contribution in [2.75, 3.05) is 19.8 Å². The van der Waals surface area contributed by atoms with Crippen LogP contribution in [0.2, 0.25) is 0 Å². The van der Waals surface area contributed by atoms with Crippen molar-refractivity contribution in [3.05, 3.63) is 46.7 Å². The maximum atomic E-state index is 12.0. The van der Waals surface area contributed by atoms with E-state index in [0.29, 0.717) is 12.6 Å². The molecule has 1 aliphatic carbocycles. The van der Waals surface area contributed by atoms with Crippen LogP contribution in [-0.4, -0.2) is 40.3 Å². The molecule has 3 aliphatic rings. The molecular weight excluding hydrogens is 338 g/mol. The van der Waals surface area contributed by atoms with Crippen LogP contribution in [0.25, 0.3) is 17.3 Å². The van der Waals surface area contributed by atoms with Crippen molar-refractivity contribution in [1.82, 2.24) is 14.7 Å². The summed E-state index contributed by atoms with van der Waals surface area (Å²) in [5, 5.41) is 5.15. The fourth-order valence-electron chi connectivity index (χ4n) is 4.68. The van der Waals surface area contributed by atoms with Crippen LogP contribution in [0.3, 0.4) is 0 Å². The summed E-state index contributed by atoms with van der Waals surface area (Å²) >= 11 is 0. The number of carbonyl (C=O) groups is 1. The molecule has 27 heavy (non-hydrogen) atoms. The molecule has 0 atom stereocenters. The third-order valence-corrected chi connectivity index (χ3v) is 6.15. The van der Waals surface area contributed by atoms with E-state index in [-0.39, 0.29) is 5.91 Å². The predicted molar refractivity (Wildman–Crippen MR) is 104 cm³/mol.